The number of para-hydroxylation sites is 1. The molecule has 182 valence electrons. The van der Waals surface area contributed by atoms with Crippen LogP contribution in [-0.4, -0.2) is 49.8 Å². The predicted octanol–water partition coefficient (Wildman–Crippen LogP) is 3.02. The van der Waals surface area contributed by atoms with Crippen molar-refractivity contribution >= 4 is 45.9 Å². The summed E-state index contributed by atoms with van der Waals surface area (Å²) in [5.74, 6) is 0.264. The number of benzene rings is 2. The monoisotopic (exact) mass is 492 g/mol. The lowest BCUT2D eigenvalue weighted by Crippen LogP contribution is -2.32. The van der Waals surface area contributed by atoms with Crippen molar-refractivity contribution in [3.63, 3.8) is 0 Å². The molecule has 1 N–H and O–H groups in total. The van der Waals surface area contributed by atoms with Crippen molar-refractivity contribution in [2.24, 2.45) is 0 Å². The van der Waals surface area contributed by atoms with Gasteiger partial charge in [-0.2, -0.15) is 0 Å². The SMILES string of the molecule is Cc1ccc2c(c1)c(=O)n(CCC(=O)NC(C)C)c1nnc(SCC(=O)N(C)c3ccccc3)n21. The number of carbonyl (C=O) groups is 2. The molecule has 0 spiro atoms. The van der Waals surface area contributed by atoms with Crippen LogP contribution < -0.4 is 15.8 Å². The number of rotatable bonds is 8. The second-order valence-electron chi connectivity index (χ2n) is 8.64. The first kappa shape index (κ1) is 24.5. The smallest absolute Gasteiger partial charge is 0.262 e. The molecule has 0 aliphatic heterocycles. The topological polar surface area (TPSA) is 102 Å². The fourth-order valence-corrected chi connectivity index (χ4v) is 4.68. The number of carbonyl (C=O) groups excluding carboxylic acids is 2. The number of hydrogen-bond acceptors (Lipinski definition) is 6. The summed E-state index contributed by atoms with van der Waals surface area (Å²) in [6, 6.07) is 15.0. The third-order valence-electron chi connectivity index (χ3n) is 5.58. The van der Waals surface area contributed by atoms with E-state index in [2.05, 4.69) is 15.5 Å². The zero-order valence-electron chi connectivity index (χ0n) is 20.2. The van der Waals surface area contributed by atoms with E-state index in [9.17, 15) is 14.4 Å². The minimum absolute atomic E-state index is 0.0149. The highest BCUT2D eigenvalue weighted by molar-refractivity contribution is 7.99. The number of nitrogens with one attached hydrogen (secondary N) is 1. The number of anilines is 1. The summed E-state index contributed by atoms with van der Waals surface area (Å²) in [6.07, 6.45) is 0.140. The zero-order chi connectivity index (χ0) is 25.1. The lowest BCUT2D eigenvalue weighted by molar-refractivity contribution is -0.121. The van der Waals surface area contributed by atoms with Crippen LogP contribution in [0.25, 0.3) is 16.7 Å². The molecular formula is C25H28N6O3S. The van der Waals surface area contributed by atoms with Crippen LogP contribution in [0.3, 0.4) is 0 Å². The van der Waals surface area contributed by atoms with Crippen molar-refractivity contribution in [3.8, 4) is 0 Å². The second-order valence-corrected chi connectivity index (χ2v) is 9.59. The Morgan fingerprint density at radius 2 is 1.86 bits per heavy atom. The molecule has 0 aliphatic rings. The molecule has 0 atom stereocenters. The van der Waals surface area contributed by atoms with E-state index in [0.29, 0.717) is 21.8 Å². The Morgan fingerprint density at radius 3 is 2.57 bits per heavy atom. The van der Waals surface area contributed by atoms with E-state index in [1.54, 1.807) is 16.3 Å². The van der Waals surface area contributed by atoms with Gasteiger partial charge in [-0.05, 0) is 45.0 Å². The van der Waals surface area contributed by atoms with Gasteiger partial charge in [-0.15, -0.1) is 10.2 Å². The lowest BCUT2D eigenvalue weighted by atomic mass is 10.1. The van der Waals surface area contributed by atoms with Gasteiger partial charge in [-0.25, -0.2) is 0 Å². The Morgan fingerprint density at radius 1 is 1.11 bits per heavy atom. The first-order chi connectivity index (χ1) is 16.8. The van der Waals surface area contributed by atoms with Crippen molar-refractivity contribution in [2.45, 2.75) is 44.9 Å². The number of aryl methyl sites for hydroxylation is 2. The molecule has 4 rings (SSSR count). The molecule has 0 bridgehead atoms. The van der Waals surface area contributed by atoms with Gasteiger partial charge in [0, 0.05) is 31.7 Å². The van der Waals surface area contributed by atoms with Gasteiger partial charge in [0.2, 0.25) is 17.6 Å². The highest BCUT2D eigenvalue weighted by Crippen LogP contribution is 2.23. The van der Waals surface area contributed by atoms with Gasteiger partial charge in [0.05, 0.1) is 16.7 Å². The highest BCUT2D eigenvalue weighted by atomic mass is 32.2. The number of fused-ring (bicyclic) bond motifs is 3. The van der Waals surface area contributed by atoms with Crippen molar-refractivity contribution in [1.82, 2.24) is 24.5 Å². The maximum atomic E-state index is 13.3. The van der Waals surface area contributed by atoms with Crippen LogP contribution in [0.5, 0.6) is 0 Å². The van der Waals surface area contributed by atoms with E-state index in [1.807, 2.05) is 69.3 Å². The zero-order valence-corrected chi connectivity index (χ0v) is 21.0. The molecule has 0 unspecified atom stereocenters. The van der Waals surface area contributed by atoms with Crippen LogP contribution >= 0.6 is 11.8 Å². The van der Waals surface area contributed by atoms with Crippen molar-refractivity contribution in [2.75, 3.05) is 17.7 Å². The summed E-state index contributed by atoms with van der Waals surface area (Å²) in [5, 5.41) is 12.4. The molecule has 9 nitrogen and oxygen atoms in total. The molecule has 4 aromatic rings. The van der Waals surface area contributed by atoms with Crippen LogP contribution in [0.15, 0.2) is 58.5 Å². The van der Waals surface area contributed by atoms with E-state index in [4.69, 9.17) is 0 Å². The lowest BCUT2D eigenvalue weighted by Gasteiger charge is -2.16. The van der Waals surface area contributed by atoms with Crippen LogP contribution in [0.2, 0.25) is 0 Å². The molecule has 0 radical (unpaired) electrons. The average molecular weight is 493 g/mol. The molecular weight excluding hydrogens is 464 g/mol. The van der Waals surface area contributed by atoms with Crippen molar-refractivity contribution in [1.29, 1.82) is 0 Å². The molecule has 0 aliphatic carbocycles. The number of thioether (sulfide) groups is 1. The molecule has 2 amide bonds. The summed E-state index contributed by atoms with van der Waals surface area (Å²) < 4.78 is 3.27. The number of nitrogens with zero attached hydrogens (tertiary/aromatic N) is 5. The quantitative estimate of drug-likeness (QED) is 0.380. The highest BCUT2D eigenvalue weighted by Gasteiger charge is 2.19. The van der Waals surface area contributed by atoms with Crippen LogP contribution in [0.1, 0.15) is 25.8 Å². The van der Waals surface area contributed by atoms with Gasteiger partial charge in [0.1, 0.15) is 0 Å². The second kappa shape index (κ2) is 10.3. The number of amides is 2. The van der Waals surface area contributed by atoms with E-state index in [1.165, 1.54) is 16.3 Å². The Balaban J connectivity index is 1.68. The summed E-state index contributed by atoms with van der Waals surface area (Å²) in [6.45, 7) is 5.87. The molecule has 2 aromatic heterocycles. The molecule has 10 heteroatoms. The molecule has 0 saturated carbocycles. The van der Waals surface area contributed by atoms with Gasteiger partial charge in [0.15, 0.2) is 5.16 Å². The summed E-state index contributed by atoms with van der Waals surface area (Å²) >= 11 is 1.26. The van der Waals surface area contributed by atoms with Gasteiger partial charge < -0.3 is 10.2 Å². The molecule has 2 aromatic carbocycles. The molecule has 0 fully saturated rings. The standard InChI is InChI=1S/C25H28N6O3S/c1-16(2)26-21(32)12-13-30-23(34)19-14-17(3)10-11-20(19)31-24(30)27-28-25(31)35-15-22(33)29(4)18-8-6-5-7-9-18/h5-11,14,16H,12-13,15H2,1-4H3,(H,26,32). The fraction of sp³-hybridized carbons (Fsp3) is 0.320. The van der Waals surface area contributed by atoms with Crippen LogP contribution in [0.4, 0.5) is 5.69 Å². The average Bonchev–Trinajstić information content (AvgIpc) is 3.25. The molecule has 2 heterocycles. The van der Waals surface area contributed by atoms with E-state index in [0.717, 1.165) is 11.3 Å². The third kappa shape index (κ3) is 5.22. The predicted molar refractivity (Wildman–Crippen MR) is 138 cm³/mol. The Hall–Kier alpha value is -3.66. The van der Waals surface area contributed by atoms with E-state index < -0.39 is 0 Å². The van der Waals surface area contributed by atoms with Crippen LogP contribution in [0, 0.1) is 6.92 Å². The Labute approximate surface area is 207 Å². The fourth-order valence-electron chi connectivity index (χ4n) is 3.82. The minimum Gasteiger partial charge on any atom is -0.354 e. The third-order valence-corrected chi connectivity index (χ3v) is 6.49. The van der Waals surface area contributed by atoms with E-state index in [-0.39, 0.29) is 42.1 Å². The van der Waals surface area contributed by atoms with Crippen molar-refractivity contribution < 1.29 is 9.59 Å². The van der Waals surface area contributed by atoms with Crippen LogP contribution in [-0.2, 0) is 16.1 Å². The van der Waals surface area contributed by atoms with Crippen molar-refractivity contribution in [3.05, 3.63) is 64.4 Å². The van der Waals surface area contributed by atoms with Gasteiger partial charge >= 0.3 is 0 Å². The largest absolute Gasteiger partial charge is 0.354 e. The summed E-state index contributed by atoms with van der Waals surface area (Å²) in [5.41, 5.74) is 2.19. The van der Waals surface area contributed by atoms with E-state index >= 15 is 0 Å². The first-order valence-corrected chi connectivity index (χ1v) is 12.4. The number of aromatic nitrogens is 4. The normalized spacial score (nSPS) is 11.3. The van der Waals surface area contributed by atoms with Gasteiger partial charge in [0.25, 0.3) is 5.56 Å². The maximum Gasteiger partial charge on any atom is 0.262 e. The molecule has 0 saturated heterocycles. The van der Waals surface area contributed by atoms with Gasteiger partial charge in [-0.1, -0.05) is 41.6 Å². The Kier molecular flexibility index (Phi) is 7.20. The molecule has 35 heavy (non-hydrogen) atoms. The first-order valence-electron chi connectivity index (χ1n) is 11.4. The van der Waals surface area contributed by atoms with Gasteiger partial charge in [-0.3, -0.25) is 23.4 Å². The summed E-state index contributed by atoms with van der Waals surface area (Å²) in [4.78, 5) is 40.0. The summed E-state index contributed by atoms with van der Waals surface area (Å²) in [7, 11) is 1.73. The Bertz CT molecular complexity index is 1440. The minimum atomic E-state index is -0.225. The number of hydrogen-bond donors (Lipinski definition) is 1. The maximum absolute atomic E-state index is 13.3.